The number of rotatable bonds is 6. The predicted octanol–water partition coefficient (Wildman–Crippen LogP) is 4.27. The fourth-order valence-electron chi connectivity index (χ4n) is 1.88. The highest BCUT2D eigenvalue weighted by Crippen LogP contribution is 2.18. The van der Waals surface area contributed by atoms with Gasteiger partial charge in [-0.25, -0.2) is 4.79 Å². The van der Waals surface area contributed by atoms with E-state index >= 15 is 0 Å². The molecule has 4 nitrogen and oxygen atoms in total. The van der Waals surface area contributed by atoms with Crippen molar-refractivity contribution in [1.29, 1.82) is 0 Å². The minimum atomic E-state index is -0.333. The molecule has 0 aliphatic carbocycles. The van der Waals surface area contributed by atoms with Crippen LogP contribution in [-0.2, 0) is 4.74 Å². The molecule has 0 aliphatic rings. The zero-order valence-corrected chi connectivity index (χ0v) is 13.5. The third-order valence-corrected chi connectivity index (χ3v) is 4.19. The van der Waals surface area contributed by atoms with Crippen LogP contribution < -0.4 is 5.32 Å². The van der Waals surface area contributed by atoms with E-state index in [0.717, 1.165) is 18.4 Å². The molecule has 1 aromatic heterocycles. The van der Waals surface area contributed by atoms with E-state index in [1.165, 1.54) is 11.3 Å². The Balaban J connectivity index is 1.96. The van der Waals surface area contributed by atoms with Crippen molar-refractivity contribution in [2.75, 3.05) is 11.9 Å². The van der Waals surface area contributed by atoms with E-state index in [-0.39, 0.29) is 11.9 Å². The lowest BCUT2D eigenvalue weighted by Crippen LogP contribution is -2.11. The number of benzene rings is 1. The molecule has 0 spiro atoms. The number of nitrogens with one attached hydrogen (secondary N) is 1. The van der Waals surface area contributed by atoms with E-state index < -0.39 is 0 Å². The van der Waals surface area contributed by atoms with Crippen molar-refractivity contribution in [1.82, 2.24) is 0 Å². The molecule has 2 aromatic rings. The molecule has 0 atom stereocenters. The fourth-order valence-corrected chi connectivity index (χ4v) is 2.70. The first-order valence-corrected chi connectivity index (χ1v) is 8.12. The van der Waals surface area contributed by atoms with Crippen molar-refractivity contribution in [3.63, 3.8) is 0 Å². The molecule has 1 N–H and O–H groups in total. The summed E-state index contributed by atoms with van der Waals surface area (Å²) < 4.78 is 5.14. The van der Waals surface area contributed by atoms with Crippen molar-refractivity contribution < 1.29 is 14.3 Å². The Hall–Kier alpha value is -2.14. The lowest BCUT2D eigenvalue weighted by molar-refractivity contribution is 0.0499. The van der Waals surface area contributed by atoms with Gasteiger partial charge in [0.25, 0.3) is 5.91 Å². The lowest BCUT2D eigenvalue weighted by Gasteiger charge is -2.07. The predicted molar refractivity (Wildman–Crippen MR) is 88.6 cm³/mol. The number of unbranched alkanes of at least 4 members (excludes halogenated alkanes) is 1. The van der Waals surface area contributed by atoms with Crippen LogP contribution in [0.3, 0.4) is 0 Å². The lowest BCUT2D eigenvalue weighted by atomic mass is 10.2. The molecule has 0 saturated carbocycles. The first-order chi connectivity index (χ1) is 10.6. The van der Waals surface area contributed by atoms with Crippen molar-refractivity contribution in [3.05, 3.63) is 51.7 Å². The second-order valence-electron chi connectivity index (χ2n) is 4.95. The van der Waals surface area contributed by atoms with Gasteiger partial charge in [-0.05, 0) is 54.6 Å². The summed E-state index contributed by atoms with van der Waals surface area (Å²) in [5.41, 5.74) is 2.10. The number of carbonyl (C=O) groups excluding carboxylic acids is 2. The van der Waals surface area contributed by atoms with Gasteiger partial charge in [0, 0.05) is 5.69 Å². The van der Waals surface area contributed by atoms with Crippen molar-refractivity contribution >= 4 is 28.9 Å². The molecule has 0 bridgehead atoms. The standard InChI is InChI=1S/C17H19NO3S/c1-3-4-10-21-17(20)13-5-7-14(8-6-13)18-16(19)15-12(2)9-11-22-15/h5-9,11H,3-4,10H2,1-2H3,(H,18,19). The highest BCUT2D eigenvalue weighted by molar-refractivity contribution is 7.12. The average Bonchev–Trinajstić information content (AvgIpc) is 2.94. The Bertz CT molecular complexity index is 646. The Morgan fingerprint density at radius 3 is 2.50 bits per heavy atom. The minimum absolute atomic E-state index is 0.134. The topological polar surface area (TPSA) is 55.4 Å². The van der Waals surface area contributed by atoms with E-state index in [2.05, 4.69) is 5.32 Å². The number of esters is 1. The molecule has 1 heterocycles. The molecule has 1 amide bonds. The van der Waals surface area contributed by atoms with Gasteiger partial charge in [-0.1, -0.05) is 13.3 Å². The third kappa shape index (κ3) is 4.18. The maximum Gasteiger partial charge on any atom is 0.338 e. The van der Waals surface area contributed by atoms with Gasteiger partial charge in [0.15, 0.2) is 0 Å². The van der Waals surface area contributed by atoms with Crippen molar-refractivity contribution in [2.24, 2.45) is 0 Å². The Morgan fingerprint density at radius 1 is 1.18 bits per heavy atom. The van der Waals surface area contributed by atoms with Crippen molar-refractivity contribution in [3.8, 4) is 0 Å². The van der Waals surface area contributed by atoms with Crippen LogP contribution in [0.1, 0.15) is 45.4 Å². The van der Waals surface area contributed by atoms with Crippen LogP contribution in [0.25, 0.3) is 0 Å². The summed E-state index contributed by atoms with van der Waals surface area (Å²) in [6.07, 6.45) is 1.85. The van der Waals surface area contributed by atoms with Crippen LogP contribution in [0.5, 0.6) is 0 Å². The third-order valence-electron chi connectivity index (χ3n) is 3.18. The first-order valence-electron chi connectivity index (χ1n) is 7.24. The van der Waals surface area contributed by atoms with E-state index in [1.54, 1.807) is 24.3 Å². The summed E-state index contributed by atoms with van der Waals surface area (Å²) in [5.74, 6) is -0.466. The molecular formula is C17H19NO3S. The maximum atomic E-state index is 12.1. The van der Waals surface area contributed by atoms with Gasteiger partial charge < -0.3 is 10.1 Å². The first kappa shape index (κ1) is 16.2. The SMILES string of the molecule is CCCCOC(=O)c1ccc(NC(=O)c2sccc2C)cc1. The van der Waals surface area contributed by atoms with E-state index in [1.807, 2.05) is 25.3 Å². The summed E-state index contributed by atoms with van der Waals surface area (Å²) in [7, 11) is 0. The van der Waals surface area contributed by atoms with E-state index in [9.17, 15) is 9.59 Å². The molecule has 1 aromatic carbocycles. The van der Waals surface area contributed by atoms with Crippen LogP contribution >= 0.6 is 11.3 Å². The molecule has 0 fully saturated rings. The minimum Gasteiger partial charge on any atom is -0.462 e. The molecule has 22 heavy (non-hydrogen) atoms. The van der Waals surface area contributed by atoms with E-state index in [0.29, 0.717) is 22.7 Å². The second-order valence-corrected chi connectivity index (χ2v) is 5.87. The fraction of sp³-hybridized carbons (Fsp3) is 0.294. The highest BCUT2D eigenvalue weighted by atomic mass is 32.1. The number of anilines is 1. The number of hydrogen-bond acceptors (Lipinski definition) is 4. The molecule has 0 radical (unpaired) electrons. The molecular weight excluding hydrogens is 298 g/mol. The number of amides is 1. The quantitative estimate of drug-likeness (QED) is 0.639. The van der Waals surface area contributed by atoms with Crippen LogP contribution in [0, 0.1) is 6.92 Å². The Kier molecular flexibility index (Phi) is 5.72. The van der Waals surface area contributed by atoms with Crippen LogP contribution in [0.4, 0.5) is 5.69 Å². The number of carbonyl (C=O) groups is 2. The second kappa shape index (κ2) is 7.75. The summed E-state index contributed by atoms with van der Waals surface area (Å²) in [6, 6.07) is 8.64. The number of ether oxygens (including phenoxy) is 1. The number of aryl methyl sites for hydroxylation is 1. The summed E-state index contributed by atoms with van der Waals surface area (Å²) >= 11 is 1.41. The number of thiophene rings is 1. The zero-order valence-electron chi connectivity index (χ0n) is 12.7. The molecule has 0 unspecified atom stereocenters. The van der Waals surface area contributed by atoms with Crippen LogP contribution in [0.15, 0.2) is 35.7 Å². The smallest absolute Gasteiger partial charge is 0.338 e. The molecule has 116 valence electrons. The largest absolute Gasteiger partial charge is 0.462 e. The summed E-state index contributed by atoms with van der Waals surface area (Å²) in [4.78, 5) is 24.6. The van der Waals surface area contributed by atoms with Gasteiger partial charge in [0.2, 0.25) is 0 Å². The highest BCUT2D eigenvalue weighted by Gasteiger charge is 2.11. The summed E-state index contributed by atoms with van der Waals surface area (Å²) in [6.45, 7) is 4.38. The molecule has 0 saturated heterocycles. The molecule has 2 rings (SSSR count). The maximum absolute atomic E-state index is 12.1. The van der Waals surface area contributed by atoms with Crippen LogP contribution in [-0.4, -0.2) is 18.5 Å². The Labute approximate surface area is 134 Å². The van der Waals surface area contributed by atoms with Gasteiger partial charge in [0.1, 0.15) is 0 Å². The van der Waals surface area contributed by atoms with Gasteiger partial charge in [-0.15, -0.1) is 11.3 Å². The van der Waals surface area contributed by atoms with Gasteiger partial charge in [0.05, 0.1) is 17.0 Å². The zero-order chi connectivity index (χ0) is 15.9. The molecule has 0 aliphatic heterocycles. The normalized spacial score (nSPS) is 10.3. The van der Waals surface area contributed by atoms with Crippen LogP contribution in [0.2, 0.25) is 0 Å². The van der Waals surface area contributed by atoms with Gasteiger partial charge in [-0.2, -0.15) is 0 Å². The number of hydrogen-bond donors (Lipinski definition) is 1. The Morgan fingerprint density at radius 2 is 1.91 bits per heavy atom. The summed E-state index contributed by atoms with van der Waals surface area (Å²) in [5, 5.41) is 4.71. The average molecular weight is 317 g/mol. The molecule has 5 heteroatoms. The monoisotopic (exact) mass is 317 g/mol. The van der Waals surface area contributed by atoms with E-state index in [4.69, 9.17) is 4.74 Å². The van der Waals surface area contributed by atoms with Gasteiger partial charge in [-0.3, -0.25) is 4.79 Å². The van der Waals surface area contributed by atoms with Crippen molar-refractivity contribution in [2.45, 2.75) is 26.7 Å². The van der Waals surface area contributed by atoms with Gasteiger partial charge >= 0.3 is 5.97 Å².